The highest BCUT2D eigenvalue weighted by Crippen LogP contribution is 2.21. The first-order chi connectivity index (χ1) is 11.6. The molecular formula is C19H32N2O3. The standard InChI is InChI=1S/C19H32N2O3/c22-18(14-15-8-4-1-2-5-9-15)21-17(19(23)24)12-13-20-16-10-6-3-7-11-16/h14,16-17,20H,1-13H2,(H,21,22)(H,23,24)/t17-/m0/s1. The molecule has 0 aromatic rings. The van der Waals surface area contributed by atoms with E-state index in [-0.39, 0.29) is 5.91 Å². The van der Waals surface area contributed by atoms with Crippen molar-refractivity contribution in [1.29, 1.82) is 0 Å². The van der Waals surface area contributed by atoms with Gasteiger partial charge >= 0.3 is 5.97 Å². The van der Waals surface area contributed by atoms with Crippen LogP contribution in [-0.2, 0) is 9.59 Å². The number of carboxylic acid groups (broad SMARTS) is 1. The lowest BCUT2D eigenvalue weighted by molar-refractivity contribution is -0.141. The Balaban J connectivity index is 1.75. The number of aliphatic carboxylic acids is 1. The zero-order chi connectivity index (χ0) is 17.2. The van der Waals surface area contributed by atoms with E-state index >= 15 is 0 Å². The number of carboxylic acids is 1. The third kappa shape index (κ3) is 7.04. The lowest BCUT2D eigenvalue weighted by Crippen LogP contribution is -2.43. The van der Waals surface area contributed by atoms with Crippen molar-refractivity contribution < 1.29 is 14.7 Å². The van der Waals surface area contributed by atoms with Crippen molar-refractivity contribution in [2.75, 3.05) is 6.54 Å². The number of nitrogens with one attached hydrogen (secondary N) is 2. The van der Waals surface area contributed by atoms with Crippen molar-refractivity contribution in [3.05, 3.63) is 11.6 Å². The molecular weight excluding hydrogens is 304 g/mol. The molecule has 0 bridgehead atoms. The van der Waals surface area contributed by atoms with Gasteiger partial charge < -0.3 is 15.7 Å². The van der Waals surface area contributed by atoms with Crippen molar-refractivity contribution >= 4 is 11.9 Å². The van der Waals surface area contributed by atoms with Crippen molar-refractivity contribution in [2.24, 2.45) is 0 Å². The Morgan fingerprint density at radius 2 is 1.67 bits per heavy atom. The molecule has 0 saturated heterocycles. The van der Waals surface area contributed by atoms with E-state index in [9.17, 15) is 14.7 Å². The van der Waals surface area contributed by atoms with Gasteiger partial charge in [-0.25, -0.2) is 4.79 Å². The van der Waals surface area contributed by atoms with Crippen molar-refractivity contribution in [1.82, 2.24) is 10.6 Å². The summed E-state index contributed by atoms with van der Waals surface area (Å²) in [5, 5.41) is 15.5. The van der Waals surface area contributed by atoms with Crippen LogP contribution in [0.4, 0.5) is 0 Å². The van der Waals surface area contributed by atoms with Crippen LogP contribution in [0.15, 0.2) is 11.6 Å². The molecule has 5 nitrogen and oxygen atoms in total. The van der Waals surface area contributed by atoms with Crippen LogP contribution in [0.5, 0.6) is 0 Å². The van der Waals surface area contributed by atoms with Gasteiger partial charge in [0, 0.05) is 12.1 Å². The van der Waals surface area contributed by atoms with E-state index < -0.39 is 12.0 Å². The molecule has 2 saturated carbocycles. The Kier molecular flexibility index (Phi) is 8.29. The topological polar surface area (TPSA) is 78.4 Å². The molecule has 1 amide bonds. The second-order valence-corrected chi connectivity index (χ2v) is 7.19. The molecule has 2 aliphatic carbocycles. The summed E-state index contributed by atoms with van der Waals surface area (Å²) in [4.78, 5) is 23.5. The third-order valence-electron chi connectivity index (χ3n) is 5.17. The molecule has 0 aliphatic heterocycles. The van der Waals surface area contributed by atoms with Crippen LogP contribution in [-0.4, -0.2) is 35.6 Å². The van der Waals surface area contributed by atoms with Gasteiger partial charge in [0.15, 0.2) is 0 Å². The predicted molar refractivity (Wildman–Crippen MR) is 94.8 cm³/mol. The molecule has 24 heavy (non-hydrogen) atoms. The fourth-order valence-electron chi connectivity index (χ4n) is 3.72. The number of hydrogen-bond donors (Lipinski definition) is 3. The van der Waals surface area contributed by atoms with E-state index in [1.54, 1.807) is 6.08 Å². The highest BCUT2D eigenvalue weighted by Gasteiger charge is 2.20. The van der Waals surface area contributed by atoms with Crippen LogP contribution in [0, 0.1) is 0 Å². The van der Waals surface area contributed by atoms with Gasteiger partial charge in [0.1, 0.15) is 6.04 Å². The third-order valence-corrected chi connectivity index (χ3v) is 5.17. The number of carbonyl (C=O) groups excluding carboxylic acids is 1. The first-order valence-electron chi connectivity index (χ1n) is 9.61. The Labute approximate surface area is 145 Å². The van der Waals surface area contributed by atoms with Gasteiger partial charge in [-0.15, -0.1) is 0 Å². The minimum atomic E-state index is -0.951. The van der Waals surface area contributed by atoms with E-state index in [1.165, 1.54) is 44.9 Å². The summed E-state index contributed by atoms with van der Waals surface area (Å²) in [6.45, 7) is 0.637. The Bertz CT molecular complexity index is 432. The monoisotopic (exact) mass is 336 g/mol. The van der Waals surface area contributed by atoms with E-state index in [1.807, 2.05) is 0 Å². The number of rotatable bonds is 7. The number of amides is 1. The summed E-state index contributed by atoms with van der Waals surface area (Å²) in [6, 6.07) is -0.298. The maximum atomic E-state index is 12.1. The smallest absolute Gasteiger partial charge is 0.326 e. The maximum absolute atomic E-state index is 12.1. The van der Waals surface area contributed by atoms with Crippen LogP contribution >= 0.6 is 0 Å². The molecule has 0 spiro atoms. The summed E-state index contributed by atoms with van der Waals surface area (Å²) in [5.41, 5.74) is 1.16. The highest BCUT2D eigenvalue weighted by atomic mass is 16.4. The Morgan fingerprint density at radius 1 is 1.04 bits per heavy atom. The molecule has 2 aliphatic rings. The van der Waals surface area contributed by atoms with E-state index in [0.29, 0.717) is 19.0 Å². The normalized spacial score (nSPS) is 20.9. The summed E-state index contributed by atoms with van der Waals surface area (Å²) in [5.74, 6) is -1.20. The number of carbonyl (C=O) groups is 2. The maximum Gasteiger partial charge on any atom is 0.326 e. The van der Waals surface area contributed by atoms with E-state index in [2.05, 4.69) is 10.6 Å². The average molecular weight is 336 g/mol. The van der Waals surface area contributed by atoms with Crippen molar-refractivity contribution in [3.8, 4) is 0 Å². The van der Waals surface area contributed by atoms with Gasteiger partial charge in [0.05, 0.1) is 0 Å². The molecule has 0 unspecified atom stereocenters. The van der Waals surface area contributed by atoms with Gasteiger partial charge in [-0.05, 0) is 51.5 Å². The minimum absolute atomic E-state index is 0.253. The molecule has 0 aromatic carbocycles. The molecule has 2 fully saturated rings. The molecule has 0 radical (unpaired) electrons. The molecule has 136 valence electrons. The molecule has 0 aromatic heterocycles. The highest BCUT2D eigenvalue weighted by molar-refractivity contribution is 5.91. The van der Waals surface area contributed by atoms with Crippen LogP contribution in [0.2, 0.25) is 0 Å². The fourth-order valence-corrected chi connectivity index (χ4v) is 3.72. The first kappa shape index (κ1) is 19.0. The van der Waals surface area contributed by atoms with Crippen LogP contribution < -0.4 is 10.6 Å². The number of allylic oxidation sites excluding steroid dienone is 1. The zero-order valence-electron chi connectivity index (χ0n) is 14.7. The number of hydrogen-bond acceptors (Lipinski definition) is 3. The van der Waals surface area contributed by atoms with Crippen LogP contribution in [0.25, 0.3) is 0 Å². The van der Waals surface area contributed by atoms with Crippen molar-refractivity contribution in [2.45, 2.75) is 89.1 Å². The first-order valence-corrected chi connectivity index (χ1v) is 9.61. The second-order valence-electron chi connectivity index (χ2n) is 7.19. The zero-order valence-corrected chi connectivity index (χ0v) is 14.7. The molecule has 1 atom stereocenters. The van der Waals surface area contributed by atoms with Gasteiger partial charge in [0.25, 0.3) is 0 Å². The van der Waals surface area contributed by atoms with Gasteiger partial charge in [-0.3, -0.25) is 4.79 Å². The minimum Gasteiger partial charge on any atom is -0.480 e. The Hall–Kier alpha value is -1.36. The predicted octanol–water partition coefficient (Wildman–Crippen LogP) is 3.15. The Morgan fingerprint density at radius 3 is 2.29 bits per heavy atom. The second kappa shape index (κ2) is 10.5. The largest absolute Gasteiger partial charge is 0.480 e. The fraction of sp³-hybridized carbons (Fsp3) is 0.789. The van der Waals surface area contributed by atoms with Gasteiger partial charge in [0.2, 0.25) is 5.91 Å². The lowest BCUT2D eigenvalue weighted by atomic mass is 9.95. The van der Waals surface area contributed by atoms with Crippen LogP contribution in [0.3, 0.4) is 0 Å². The molecule has 5 heteroatoms. The quantitative estimate of drug-likeness (QED) is 0.493. The summed E-state index contributed by atoms with van der Waals surface area (Å²) < 4.78 is 0. The SMILES string of the molecule is O=C(C=C1CCCCCC1)N[C@@H](CCNC1CCCCC1)C(=O)O. The summed E-state index contributed by atoms with van der Waals surface area (Å²) in [6.07, 6.45) is 14.9. The summed E-state index contributed by atoms with van der Waals surface area (Å²) in [7, 11) is 0. The van der Waals surface area contributed by atoms with Crippen molar-refractivity contribution in [3.63, 3.8) is 0 Å². The lowest BCUT2D eigenvalue weighted by Gasteiger charge is -2.23. The van der Waals surface area contributed by atoms with E-state index in [0.717, 1.165) is 31.3 Å². The van der Waals surface area contributed by atoms with Gasteiger partial charge in [-0.1, -0.05) is 37.7 Å². The van der Waals surface area contributed by atoms with E-state index in [4.69, 9.17) is 0 Å². The average Bonchev–Trinajstić information content (AvgIpc) is 2.83. The van der Waals surface area contributed by atoms with Crippen LogP contribution in [0.1, 0.15) is 77.0 Å². The summed E-state index contributed by atoms with van der Waals surface area (Å²) >= 11 is 0. The van der Waals surface area contributed by atoms with Gasteiger partial charge in [-0.2, -0.15) is 0 Å². The molecule has 3 N–H and O–H groups in total. The molecule has 0 heterocycles. The molecule has 2 rings (SSSR count).